The number of nitrogens with zero attached hydrogens (tertiary/aromatic N) is 2. The average Bonchev–Trinajstić information content (AvgIpc) is 3.39. The minimum atomic E-state index is -0.250. The van der Waals surface area contributed by atoms with Gasteiger partial charge in [0.2, 0.25) is 0 Å². The zero-order valence-electron chi connectivity index (χ0n) is 16.2. The molecule has 1 aromatic carbocycles. The average molecular weight is 402 g/mol. The molecule has 9 nitrogen and oxygen atoms in total. The molecule has 156 valence electrons. The number of nitrogens with one attached hydrogen (secondary N) is 2. The molecule has 2 bridgehead atoms. The number of amides is 1. The minimum Gasteiger partial charge on any atom is -0.488 e. The van der Waals surface area contributed by atoms with E-state index in [1.807, 2.05) is 18.2 Å². The molecular weight excluding hydrogens is 376 g/mol. The number of aromatic nitrogens is 2. The SMILES string of the molecule is O=C(N[C@@H]1CN2CCC1CC2)c1n[nH]c2cc(OC3CCOC3)ccc12.O=CO. The molecule has 1 unspecified atom stereocenters. The molecule has 0 aliphatic carbocycles. The van der Waals surface area contributed by atoms with E-state index in [9.17, 15) is 4.79 Å². The highest BCUT2D eigenvalue weighted by Crippen LogP contribution is 2.28. The molecule has 3 N–H and O–H groups in total. The van der Waals surface area contributed by atoms with Crippen molar-refractivity contribution >= 4 is 23.3 Å². The summed E-state index contributed by atoms with van der Waals surface area (Å²) in [6.07, 6.45) is 3.37. The van der Waals surface area contributed by atoms with Crippen LogP contribution in [0.5, 0.6) is 5.75 Å². The standard InChI is InChI=1S/C19H24N4O3.CH2O2/c24-19(20-17-10-23-6-3-12(17)4-7-23)18-15-2-1-13(9-16(15)21-22-18)26-14-5-8-25-11-14;2-1-3/h1-2,9,12,14,17H,3-8,10-11H2,(H,20,24)(H,21,22);1H,(H,2,3)/t14?,17-;/m1./s1. The molecular formula is C20H26N4O5. The van der Waals surface area contributed by atoms with Crippen molar-refractivity contribution in [2.24, 2.45) is 5.92 Å². The van der Waals surface area contributed by atoms with Crippen molar-refractivity contribution in [2.45, 2.75) is 31.4 Å². The Morgan fingerprint density at radius 3 is 2.79 bits per heavy atom. The lowest BCUT2D eigenvalue weighted by Crippen LogP contribution is -2.57. The van der Waals surface area contributed by atoms with Gasteiger partial charge in [0.1, 0.15) is 11.9 Å². The molecule has 4 aliphatic rings. The van der Waals surface area contributed by atoms with Gasteiger partial charge in [0.15, 0.2) is 5.69 Å². The molecule has 0 radical (unpaired) electrons. The Morgan fingerprint density at radius 1 is 1.34 bits per heavy atom. The first kappa shape index (κ1) is 19.7. The molecule has 5 heterocycles. The number of H-pyrrole nitrogens is 1. The van der Waals surface area contributed by atoms with Gasteiger partial charge in [-0.25, -0.2) is 0 Å². The summed E-state index contributed by atoms with van der Waals surface area (Å²) < 4.78 is 11.3. The van der Waals surface area contributed by atoms with Crippen LogP contribution in [0.4, 0.5) is 0 Å². The van der Waals surface area contributed by atoms with Crippen LogP contribution in [0.1, 0.15) is 29.8 Å². The van der Waals surface area contributed by atoms with Gasteiger partial charge in [-0.05, 0) is 44.0 Å². The van der Waals surface area contributed by atoms with E-state index in [0.717, 1.165) is 49.3 Å². The van der Waals surface area contributed by atoms with E-state index < -0.39 is 0 Å². The third-order valence-electron chi connectivity index (χ3n) is 5.91. The Morgan fingerprint density at radius 2 is 2.14 bits per heavy atom. The molecule has 0 spiro atoms. The number of ether oxygens (including phenoxy) is 2. The third-order valence-corrected chi connectivity index (χ3v) is 5.91. The number of carbonyl (C=O) groups is 2. The van der Waals surface area contributed by atoms with Crippen LogP contribution in [0, 0.1) is 5.92 Å². The number of hydrogen-bond donors (Lipinski definition) is 3. The fourth-order valence-electron chi connectivity index (χ4n) is 4.41. The van der Waals surface area contributed by atoms with Crippen molar-refractivity contribution in [3.05, 3.63) is 23.9 Å². The van der Waals surface area contributed by atoms with Gasteiger partial charge < -0.3 is 24.8 Å². The normalized spacial score (nSPS) is 27.9. The van der Waals surface area contributed by atoms with Crippen molar-refractivity contribution in [1.82, 2.24) is 20.4 Å². The van der Waals surface area contributed by atoms with Crippen LogP contribution in [0.2, 0.25) is 0 Å². The first-order chi connectivity index (χ1) is 14.2. The predicted octanol–water partition coefficient (Wildman–Crippen LogP) is 1.26. The van der Waals surface area contributed by atoms with Crippen LogP contribution in [0.3, 0.4) is 0 Å². The third kappa shape index (κ3) is 4.35. The largest absolute Gasteiger partial charge is 0.488 e. The van der Waals surface area contributed by atoms with E-state index in [4.69, 9.17) is 19.4 Å². The number of hydrogen-bond acceptors (Lipinski definition) is 6. The van der Waals surface area contributed by atoms with Gasteiger partial charge in [0, 0.05) is 30.5 Å². The first-order valence-corrected chi connectivity index (χ1v) is 10.0. The van der Waals surface area contributed by atoms with E-state index in [0.29, 0.717) is 18.2 Å². The number of fused-ring (bicyclic) bond motifs is 4. The van der Waals surface area contributed by atoms with E-state index in [-0.39, 0.29) is 24.5 Å². The van der Waals surface area contributed by atoms with Crippen LogP contribution in [-0.2, 0) is 9.53 Å². The predicted molar refractivity (Wildman–Crippen MR) is 105 cm³/mol. The van der Waals surface area contributed by atoms with Gasteiger partial charge in [0.05, 0.1) is 18.7 Å². The molecule has 2 aromatic rings. The Balaban J connectivity index is 0.000000645. The molecule has 4 saturated heterocycles. The van der Waals surface area contributed by atoms with Gasteiger partial charge in [-0.3, -0.25) is 14.7 Å². The number of carboxylic acid groups (broad SMARTS) is 1. The molecule has 9 heteroatoms. The lowest BCUT2D eigenvalue weighted by Gasteiger charge is -2.44. The smallest absolute Gasteiger partial charge is 0.290 e. The first-order valence-electron chi connectivity index (χ1n) is 10.0. The molecule has 6 rings (SSSR count). The molecule has 4 fully saturated rings. The molecule has 0 saturated carbocycles. The number of benzene rings is 1. The monoisotopic (exact) mass is 402 g/mol. The van der Waals surface area contributed by atoms with Crippen molar-refractivity contribution in [2.75, 3.05) is 32.8 Å². The summed E-state index contributed by atoms with van der Waals surface area (Å²) in [5, 5.41) is 18.2. The molecule has 2 atom stereocenters. The second kappa shape index (κ2) is 8.79. The summed E-state index contributed by atoms with van der Waals surface area (Å²) >= 11 is 0. The Bertz CT molecular complexity index is 856. The Hall–Kier alpha value is -2.65. The lowest BCUT2D eigenvalue weighted by atomic mass is 9.84. The molecule has 1 aromatic heterocycles. The summed E-state index contributed by atoms with van der Waals surface area (Å²) in [4.78, 5) is 23.6. The highest BCUT2D eigenvalue weighted by atomic mass is 16.5. The summed E-state index contributed by atoms with van der Waals surface area (Å²) in [6.45, 7) is 4.42. The molecule has 1 amide bonds. The van der Waals surface area contributed by atoms with Crippen molar-refractivity contribution in [3.63, 3.8) is 0 Å². The van der Waals surface area contributed by atoms with E-state index >= 15 is 0 Å². The Labute approximate surface area is 168 Å². The number of carbonyl (C=O) groups excluding carboxylic acids is 1. The van der Waals surface area contributed by atoms with Crippen LogP contribution >= 0.6 is 0 Å². The van der Waals surface area contributed by atoms with Crippen LogP contribution in [0.15, 0.2) is 18.2 Å². The highest BCUT2D eigenvalue weighted by molar-refractivity contribution is 6.05. The number of aromatic amines is 1. The van der Waals surface area contributed by atoms with Gasteiger partial charge in [-0.15, -0.1) is 0 Å². The summed E-state index contributed by atoms with van der Waals surface area (Å²) in [5.74, 6) is 1.29. The molecule has 29 heavy (non-hydrogen) atoms. The maximum Gasteiger partial charge on any atom is 0.290 e. The summed E-state index contributed by atoms with van der Waals surface area (Å²) in [7, 11) is 0. The van der Waals surface area contributed by atoms with E-state index in [2.05, 4.69) is 20.4 Å². The van der Waals surface area contributed by atoms with Gasteiger partial charge in [0.25, 0.3) is 12.4 Å². The minimum absolute atomic E-state index is 0.0899. The fourth-order valence-corrected chi connectivity index (χ4v) is 4.41. The number of piperidine rings is 3. The molecule has 4 aliphatic heterocycles. The Kier molecular flexibility index (Phi) is 5.96. The van der Waals surface area contributed by atoms with Crippen LogP contribution in [0.25, 0.3) is 10.9 Å². The second-order valence-electron chi connectivity index (χ2n) is 7.71. The quantitative estimate of drug-likeness (QED) is 0.659. The number of rotatable bonds is 4. The zero-order chi connectivity index (χ0) is 20.2. The van der Waals surface area contributed by atoms with E-state index in [1.54, 1.807) is 0 Å². The highest BCUT2D eigenvalue weighted by Gasteiger charge is 2.35. The van der Waals surface area contributed by atoms with Crippen molar-refractivity contribution < 1.29 is 24.2 Å². The van der Waals surface area contributed by atoms with Crippen LogP contribution in [-0.4, -0.2) is 77.6 Å². The maximum atomic E-state index is 12.8. The van der Waals surface area contributed by atoms with Crippen molar-refractivity contribution in [1.29, 1.82) is 0 Å². The van der Waals surface area contributed by atoms with Crippen LogP contribution < -0.4 is 10.1 Å². The van der Waals surface area contributed by atoms with Gasteiger partial charge >= 0.3 is 0 Å². The van der Waals surface area contributed by atoms with Crippen molar-refractivity contribution in [3.8, 4) is 5.75 Å². The zero-order valence-corrected chi connectivity index (χ0v) is 16.2. The van der Waals surface area contributed by atoms with E-state index in [1.165, 1.54) is 12.8 Å². The summed E-state index contributed by atoms with van der Waals surface area (Å²) in [6, 6.07) is 5.96. The van der Waals surface area contributed by atoms with Gasteiger partial charge in [-0.2, -0.15) is 5.10 Å². The summed E-state index contributed by atoms with van der Waals surface area (Å²) in [5.41, 5.74) is 1.28. The lowest BCUT2D eigenvalue weighted by molar-refractivity contribution is -0.122. The van der Waals surface area contributed by atoms with Gasteiger partial charge in [-0.1, -0.05) is 0 Å². The maximum absolute atomic E-state index is 12.8. The topological polar surface area (TPSA) is 117 Å². The second-order valence-corrected chi connectivity index (χ2v) is 7.71. The fraction of sp³-hybridized carbons (Fsp3) is 0.550.